The molecule has 1 unspecified atom stereocenters. The number of benzene rings is 1. The van der Waals surface area contributed by atoms with Crippen LogP contribution in [0.3, 0.4) is 0 Å². The normalized spacial score (nSPS) is 17.9. The lowest BCUT2D eigenvalue weighted by atomic mass is 10.2. The van der Waals surface area contributed by atoms with Crippen LogP contribution < -0.4 is 10.6 Å². The van der Waals surface area contributed by atoms with Crippen LogP contribution in [0.4, 0.5) is 0 Å². The van der Waals surface area contributed by atoms with E-state index < -0.39 is 0 Å². The molecule has 5 heteroatoms. The summed E-state index contributed by atoms with van der Waals surface area (Å²) < 4.78 is 0. The highest BCUT2D eigenvalue weighted by Gasteiger charge is 2.12. The van der Waals surface area contributed by atoms with E-state index in [0.717, 1.165) is 23.2 Å². The summed E-state index contributed by atoms with van der Waals surface area (Å²) in [5.41, 5.74) is 2.22. The third-order valence-corrected chi connectivity index (χ3v) is 3.86. The van der Waals surface area contributed by atoms with E-state index in [-0.39, 0.29) is 0 Å². The van der Waals surface area contributed by atoms with Crippen LogP contribution in [0.2, 0.25) is 0 Å². The second kappa shape index (κ2) is 5.40. The van der Waals surface area contributed by atoms with Crippen molar-refractivity contribution in [1.82, 2.24) is 15.6 Å². The smallest absolute Gasteiger partial charge is 0.191 e. The number of nitrogens with zero attached hydrogens (tertiary/aromatic N) is 2. The molecule has 0 aliphatic carbocycles. The van der Waals surface area contributed by atoms with Gasteiger partial charge in [0, 0.05) is 17.0 Å². The van der Waals surface area contributed by atoms with Gasteiger partial charge in [0.2, 0.25) is 0 Å². The Balaban J connectivity index is 1.63. The van der Waals surface area contributed by atoms with Gasteiger partial charge in [-0.1, -0.05) is 30.3 Å². The minimum Gasteiger partial charge on any atom is -0.352 e. The molecule has 0 bridgehead atoms. The molecule has 2 heterocycles. The summed E-state index contributed by atoms with van der Waals surface area (Å²) in [5, 5.41) is 9.71. The van der Waals surface area contributed by atoms with Gasteiger partial charge in [-0.25, -0.2) is 4.98 Å². The average Bonchev–Trinajstić information content (AvgIpc) is 3.06. The van der Waals surface area contributed by atoms with Gasteiger partial charge >= 0.3 is 0 Å². The van der Waals surface area contributed by atoms with Crippen molar-refractivity contribution in [3.8, 4) is 10.6 Å². The van der Waals surface area contributed by atoms with Crippen LogP contribution >= 0.6 is 11.3 Å². The highest BCUT2D eigenvalue weighted by Crippen LogP contribution is 2.23. The molecular weight excluding hydrogens is 256 g/mol. The van der Waals surface area contributed by atoms with E-state index in [1.54, 1.807) is 11.3 Å². The van der Waals surface area contributed by atoms with Crippen molar-refractivity contribution in [2.24, 2.45) is 4.99 Å². The Kier molecular flexibility index (Phi) is 3.46. The monoisotopic (exact) mass is 272 g/mol. The molecule has 0 saturated heterocycles. The number of rotatable bonds is 3. The van der Waals surface area contributed by atoms with Crippen LogP contribution in [0.1, 0.15) is 12.6 Å². The summed E-state index contributed by atoms with van der Waals surface area (Å²) in [6, 6.07) is 10.7. The molecule has 3 rings (SSSR count). The van der Waals surface area contributed by atoms with E-state index >= 15 is 0 Å². The fourth-order valence-corrected chi connectivity index (χ4v) is 2.76. The van der Waals surface area contributed by atoms with Crippen molar-refractivity contribution in [2.45, 2.75) is 19.5 Å². The number of hydrogen-bond acceptors (Lipinski definition) is 5. The van der Waals surface area contributed by atoms with Crippen molar-refractivity contribution in [3.63, 3.8) is 0 Å². The van der Waals surface area contributed by atoms with E-state index in [9.17, 15) is 0 Å². The first-order valence-corrected chi connectivity index (χ1v) is 7.24. The van der Waals surface area contributed by atoms with Crippen molar-refractivity contribution in [3.05, 3.63) is 41.4 Å². The van der Waals surface area contributed by atoms with E-state index in [2.05, 4.69) is 45.0 Å². The van der Waals surface area contributed by atoms with Crippen LogP contribution in [0.15, 0.2) is 40.7 Å². The Hall–Kier alpha value is -1.88. The van der Waals surface area contributed by atoms with Gasteiger partial charge in [-0.15, -0.1) is 11.3 Å². The Morgan fingerprint density at radius 1 is 1.37 bits per heavy atom. The maximum atomic E-state index is 4.63. The maximum Gasteiger partial charge on any atom is 0.191 e. The third kappa shape index (κ3) is 2.93. The summed E-state index contributed by atoms with van der Waals surface area (Å²) in [6.07, 6.45) is 0. The summed E-state index contributed by atoms with van der Waals surface area (Å²) in [5.74, 6) is 0.877. The molecule has 1 aromatic carbocycles. The SMILES string of the molecule is CC1CN=C(NCc2csc(-c3ccccc3)n2)N1. The summed E-state index contributed by atoms with van der Waals surface area (Å²) in [6.45, 7) is 3.67. The summed E-state index contributed by atoms with van der Waals surface area (Å²) >= 11 is 1.67. The molecule has 0 radical (unpaired) electrons. The second-order valence-corrected chi connectivity index (χ2v) is 5.46. The predicted octanol–water partition coefficient (Wildman–Crippen LogP) is 2.25. The van der Waals surface area contributed by atoms with Gasteiger partial charge in [-0.05, 0) is 6.92 Å². The Labute approximate surface area is 116 Å². The minimum atomic E-state index is 0.429. The van der Waals surface area contributed by atoms with Gasteiger partial charge < -0.3 is 10.6 Å². The van der Waals surface area contributed by atoms with Crippen LogP contribution in [-0.2, 0) is 6.54 Å². The van der Waals surface area contributed by atoms with Crippen LogP contribution in [0.5, 0.6) is 0 Å². The molecule has 0 fully saturated rings. The highest BCUT2D eigenvalue weighted by atomic mass is 32.1. The van der Waals surface area contributed by atoms with Gasteiger partial charge in [0.05, 0.1) is 18.8 Å². The molecule has 2 N–H and O–H groups in total. The number of thiazole rings is 1. The molecule has 1 atom stereocenters. The molecule has 0 saturated carbocycles. The molecule has 98 valence electrons. The number of hydrogen-bond donors (Lipinski definition) is 2. The molecule has 0 spiro atoms. The predicted molar refractivity (Wildman–Crippen MR) is 79.3 cm³/mol. The number of nitrogens with one attached hydrogen (secondary N) is 2. The van der Waals surface area contributed by atoms with Crippen molar-refractivity contribution in [1.29, 1.82) is 0 Å². The van der Waals surface area contributed by atoms with Crippen LogP contribution in [-0.4, -0.2) is 23.5 Å². The zero-order valence-corrected chi connectivity index (χ0v) is 11.6. The lowest BCUT2D eigenvalue weighted by Gasteiger charge is -2.06. The van der Waals surface area contributed by atoms with E-state index in [1.807, 2.05) is 18.2 Å². The molecule has 2 aromatic rings. The summed E-state index contributed by atoms with van der Waals surface area (Å²) in [4.78, 5) is 9.00. The fourth-order valence-electron chi connectivity index (χ4n) is 1.94. The van der Waals surface area contributed by atoms with Gasteiger partial charge in [0.15, 0.2) is 5.96 Å². The number of aliphatic imine (C=N–C) groups is 1. The minimum absolute atomic E-state index is 0.429. The first-order chi connectivity index (χ1) is 9.31. The second-order valence-electron chi connectivity index (χ2n) is 4.60. The number of guanidine groups is 1. The standard InChI is InChI=1S/C14H16N4S/c1-10-7-15-14(17-10)16-8-12-9-19-13(18-12)11-5-3-2-4-6-11/h2-6,9-10H,7-8H2,1H3,(H2,15,16,17). The van der Waals surface area contributed by atoms with E-state index in [0.29, 0.717) is 12.6 Å². The lowest BCUT2D eigenvalue weighted by Crippen LogP contribution is -2.37. The summed E-state index contributed by atoms with van der Waals surface area (Å²) in [7, 11) is 0. The lowest BCUT2D eigenvalue weighted by molar-refractivity contribution is 0.712. The third-order valence-electron chi connectivity index (χ3n) is 2.92. The van der Waals surface area contributed by atoms with E-state index in [4.69, 9.17) is 0 Å². The average molecular weight is 272 g/mol. The molecule has 4 nitrogen and oxygen atoms in total. The zero-order chi connectivity index (χ0) is 13.1. The van der Waals surface area contributed by atoms with Crippen molar-refractivity contribution < 1.29 is 0 Å². The van der Waals surface area contributed by atoms with Crippen molar-refractivity contribution >= 4 is 17.3 Å². The largest absolute Gasteiger partial charge is 0.352 e. The van der Waals surface area contributed by atoms with Gasteiger partial charge in [0.1, 0.15) is 5.01 Å². The fraction of sp³-hybridized carbons (Fsp3) is 0.286. The molecule has 1 aromatic heterocycles. The molecule has 1 aliphatic rings. The Morgan fingerprint density at radius 2 is 2.21 bits per heavy atom. The van der Waals surface area contributed by atoms with Crippen LogP contribution in [0.25, 0.3) is 10.6 Å². The first-order valence-electron chi connectivity index (χ1n) is 6.36. The Bertz CT molecular complexity index is 576. The first kappa shape index (κ1) is 12.2. The zero-order valence-electron chi connectivity index (χ0n) is 10.8. The molecular formula is C14H16N4S. The van der Waals surface area contributed by atoms with Crippen LogP contribution in [0, 0.1) is 0 Å². The van der Waals surface area contributed by atoms with Crippen molar-refractivity contribution in [2.75, 3.05) is 6.54 Å². The molecule has 19 heavy (non-hydrogen) atoms. The van der Waals surface area contributed by atoms with Gasteiger partial charge in [0.25, 0.3) is 0 Å². The molecule has 1 aliphatic heterocycles. The number of aromatic nitrogens is 1. The van der Waals surface area contributed by atoms with Gasteiger partial charge in [-0.3, -0.25) is 4.99 Å². The Morgan fingerprint density at radius 3 is 2.95 bits per heavy atom. The topological polar surface area (TPSA) is 49.3 Å². The highest BCUT2D eigenvalue weighted by molar-refractivity contribution is 7.13. The van der Waals surface area contributed by atoms with E-state index in [1.165, 1.54) is 5.56 Å². The quantitative estimate of drug-likeness (QED) is 0.901. The molecule has 0 amide bonds. The van der Waals surface area contributed by atoms with Gasteiger partial charge in [-0.2, -0.15) is 0 Å². The maximum absolute atomic E-state index is 4.63.